The third-order valence-corrected chi connectivity index (χ3v) is 5.01. The highest BCUT2D eigenvalue weighted by molar-refractivity contribution is 4.94. The second-order valence-electron chi connectivity index (χ2n) is 6.88. The van der Waals surface area contributed by atoms with Crippen LogP contribution >= 0.6 is 0 Å². The van der Waals surface area contributed by atoms with Crippen LogP contribution < -0.4 is 5.32 Å². The van der Waals surface area contributed by atoms with Crippen molar-refractivity contribution in [1.82, 2.24) is 15.1 Å². The molecule has 3 unspecified atom stereocenters. The third-order valence-electron chi connectivity index (χ3n) is 5.01. The average molecular weight is 267 g/mol. The molecule has 1 N–H and O–H groups in total. The Morgan fingerprint density at radius 1 is 1.21 bits per heavy atom. The molecule has 1 aliphatic carbocycles. The van der Waals surface area contributed by atoms with Gasteiger partial charge in [0.2, 0.25) is 0 Å². The van der Waals surface area contributed by atoms with Gasteiger partial charge in [0.05, 0.1) is 0 Å². The first kappa shape index (κ1) is 15.3. The van der Waals surface area contributed by atoms with Gasteiger partial charge < -0.3 is 10.2 Å². The minimum Gasteiger partial charge on any atom is -0.314 e. The Morgan fingerprint density at radius 3 is 2.58 bits per heavy atom. The van der Waals surface area contributed by atoms with Gasteiger partial charge in [0.1, 0.15) is 0 Å². The van der Waals surface area contributed by atoms with Crippen molar-refractivity contribution in [3.8, 4) is 0 Å². The second-order valence-corrected chi connectivity index (χ2v) is 6.88. The molecule has 3 heteroatoms. The van der Waals surface area contributed by atoms with Gasteiger partial charge in [0.15, 0.2) is 0 Å². The highest BCUT2D eigenvalue weighted by Gasteiger charge is 2.38. The van der Waals surface area contributed by atoms with Crippen LogP contribution in [0.2, 0.25) is 0 Å². The molecule has 1 saturated heterocycles. The summed E-state index contributed by atoms with van der Waals surface area (Å²) in [5, 5.41) is 3.64. The molecule has 2 rings (SSSR count). The normalized spacial score (nSPS) is 34.3. The predicted octanol–water partition coefficient (Wildman–Crippen LogP) is 2.18. The lowest BCUT2D eigenvalue weighted by Crippen LogP contribution is -2.55. The van der Waals surface area contributed by atoms with Crippen LogP contribution in [-0.4, -0.2) is 61.2 Å². The van der Waals surface area contributed by atoms with E-state index in [2.05, 4.69) is 42.9 Å². The molecular formula is C16H33N3. The number of nitrogens with one attached hydrogen (secondary N) is 1. The summed E-state index contributed by atoms with van der Waals surface area (Å²) >= 11 is 0. The van der Waals surface area contributed by atoms with E-state index in [1.807, 2.05) is 0 Å². The van der Waals surface area contributed by atoms with Crippen molar-refractivity contribution in [2.24, 2.45) is 5.92 Å². The fourth-order valence-electron chi connectivity index (χ4n) is 3.68. The van der Waals surface area contributed by atoms with Gasteiger partial charge in [-0.3, -0.25) is 4.90 Å². The summed E-state index contributed by atoms with van der Waals surface area (Å²) in [6.45, 7) is 11.9. The molecule has 0 radical (unpaired) electrons. The van der Waals surface area contributed by atoms with Crippen molar-refractivity contribution in [3.63, 3.8) is 0 Å². The zero-order chi connectivity index (χ0) is 13.8. The molecule has 0 spiro atoms. The van der Waals surface area contributed by atoms with Gasteiger partial charge in [-0.25, -0.2) is 0 Å². The van der Waals surface area contributed by atoms with Crippen molar-refractivity contribution in [2.45, 2.75) is 64.6 Å². The minimum atomic E-state index is 0.624. The van der Waals surface area contributed by atoms with Gasteiger partial charge in [-0.15, -0.1) is 0 Å². The van der Waals surface area contributed by atoms with Gasteiger partial charge in [-0.2, -0.15) is 0 Å². The SMILES string of the molecule is CCC1CN(C)CCCN1C1CCC1CNC(C)C. The fraction of sp³-hybridized carbons (Fsp3) is 1.00. The van der Waals surface area contributed by atoms with E-state index in [1.165, 1.54) is 51.9 Å². The van der Waals surface area contributed by atoms with E-state index in [9.17, 15) is 0 Å². The van der Waals surface area contributed by atoms with E-state index in [4.69, 9.17) is 0 Å². The van der Waals surface area contributed by atoms with E-state index in [-0.39, 0.29) is 0 Å². The highest BCUT2D eigenvalue weighted by atomic mass is 15.3. The number of hydrogen-bond donors (Lipinski definition) is 1. The Labute approximate surface area is 119 Å². The lowest BCUT2D eigenvalue weighted by molar-refractivity contribution is 0.0266. The molecule has 1 aliphatic heterocycles. The van der Waals surface area contributed by atoms with Gasteiger partial charge in [0.25, 0.3) is 0 Å². The summed E-state index contributed by atoms with van der Waals surface area (Å²) in [6.07, 6.45) is 5.48. The Hall–Kier alpha value is -0.120. The largest absolute Gasteiger partial charge is 0.314 e. The molecule has 2 fully saturated rings. The zero-order valence-electron chi connectivity index (χ0n) is 13.4. The van der Waals surface area contributed by atoms with E-state index in [0.717, 1.165) is 18.0 Å². The lowest BCUT2D eigenvalue weighted by Gasteiger charge is -2.47. The fourth-order valence-corrected chi connectivity index (χ4v) is 3.68. The van der Waals surface area contributed by atoms with Crippen molar-refractivity contribution in [2.75, 3.05) is 33.2 Å². The summed E-state index contributed by atoms with van der Waals surface area (Å²) in [7, 11) is 2.28. The Kier molecular flexibility index (Phi) is 5.67. The molecule has 112 valence electrons. The topological polar surface area (TPSA) is 18.5 Å². The van der Waals surface area contributed by atoms with Crippen LogP contribution in [0.15, 0.2) is 0 Å². The van der Waals surface area contributed by atoms with Gasteiger partial charge >= 0.3 is 0 Å². The minimum absolute atomic E-state index is 0.624. The van der Waals surface area contributed by atoms with E-state index >= 15 is 0 Å². The molecule has 3 nitrogen and oxygen atoms in total. The number of likely N-dealkylation sites (N-methyl/N-ethyl adjacent to an activating group) is 1. The smallest absolute Gasteiger partial charge is 0.0223 e. The quantitative estimate of drug-likeness (QED) is 0.824. The molecule has 0 aromatic carbocycles. The first-order chi connectivity index (χ1) is 9.11. The standard InChI is InChI=1S/C16H33N3/c1-5-15-12-18(4)9-6-10-19(15)16-8-7-14(16)11-17-13(2)3/h13-17H,5-12H2,1-4H3. The van der Waals surface area contributed by atoms with E-state index in [1.54, 1.807) is 0 Å². The molecule has 0 aromatic rings. The Bertz CT molecular complexity index is 267. The Balaban J connectivity index is 1.91. The first-order valence-electron chi connectivity index (χ1n) is 8.29. The predicted molar refractivity (Wildman–Crippen MR) is 82.5 cm³/mol. The van der Waals surface area contributed by atoms with Crippen LogP contribution in [0.1, 0.15) is 46.5 Å². The average Bonchev–Trinajstić information content (AvgIpc) is 2.50. The van der Waals surface area contributed by atoms with Gasteiger partial charge in [-0.1, -0.05) is 20.8 Å². The van der Waals surface area contributed by atoms with Crippen LogP contribution in [0.5, 0.6) is 0 Å². The van der Waals surface area contributed by atoms with Crippen molar-refractivity contribution in [1.29, 1.82) is 0 Å². The molecule has 0 aromatic heterocycles. The zero-order valence-corrected chi connectivity index (χ0v) is 13.4. The van der Waals surface area contributed by atoms with Gasteiger partial charge in [0, 0.05) is 31.2 Å². The highest BCUT2D eigenvalue weighted by Crippen LogP contribution is 2.34. The molecular weight excluding hydrogens is 234 g/mol. The maximum atomic E-state index is 3.64. The monoisotopic (exact) mass is 267 g/mol. The lowest BCUT2D eigenvalue weighted by atomic mass is 9.77. The maximum Gasteiger partial charge on any atom is 0.0223 e. The molecule has 2 aliphatic rings. The molecule has 19 heavy (non-hydrogen) atoms. The van der Waals surface area contributed by atoms with Crippen LogP contribution in [0, 0.1) is 5.92 Å². The van der Waals surface area contributed by atoms with Gasteiger partial charge in [-0.05, 0) is 51.7 Å². The van der Waals surface area contributed by atoms with Crippen molar-refractivity contribution >= 4 is 0 Å². The third kappa shape index (κ3) is 3.93. The van der Waals surface area contributed by atoms with E-state index < -0.39 is 0 Å². The molecule has 3 atom stereocenters. The summed E-state index contributed by atoms with van der Waals surface area (Å²) in [5.74, 6) is 0.889. The van der Waals surface area contributed by atoms with E-state index in [0.29, 0.717) is 6.04 Å². The first-order valence-corrected chi connectivity index (χ1v) is 8.29. The van der Waals surface area contributed by atoms with Crippen molar-refractivity contribution in [3.05, 3.63) is 0 Å². The Morgan fingerprint density at radius 2 is 2.00 bits per heavy atom. The summed E-state index contributed by atoms with van der Waals surface area (Å²) in [6, 6.07) is 2.25. The summed E-state index contributed by atoms with van der Waals surface area (Å²) in [4.78, 5) is 5.37. The van der Waals surface area contributed by atoms with Crippen molar-refractivity contribution < 1.29 is 0 Å². The van der Waals surface area contributed by atoms with Crippen LogP contribution in [0.25, 0.3) is 0 Å². The molecule has 0 amide bonds. The summed E-state index contributed by atoms with van der Waals surface area (Å²) in [5.41, 5.74) is 0. The number of rotatable bonds is 5. The van der Waals surface area contributed by atoms with Crippen LogP contribution in [0.4, 0.5) is 0 Å². The summed E-state index contributed by atoms with van der Waals surface area (Å²) < 4.78 is 0. The number of nitrogens with zero attached hydrogens (tertiary/aromatic N) is 2. The van der Waals surface area contributed by atoms with Crippen LogP contribution in [0.3, 0.4) is 0 Å². The molecule has 1 heterocycles. The molecule has 0 bridgehead atoms. The van der Waals surface area contributed by atoms with Crippen LogP contribution in [-0.2, 0) is 0 Å². The molecule has 1 saturated carbocycles. The second kappa shape index (κ2) is 7.05. The maximum absolute atomic E-state index is 3.64. The number of hydrogen-bond acceptors (Lipinski definition) is 3.